The van der Waals surface area contributed by atoms with Crippen molar-refractivity contribution in [3.63, 3.8) is 0 Å². The number of hydrogen-bond donors (Lipinski definition) is 0. The van der Waals surface area contributed by atoms with Crippen LogP contribution in [0.3, 0.4) is 0 Å². The van der Waals surface area contributed by atoms with Gasteiger partial charge in [-0.3, -0.25) is 0 Å². The fourth-order valence-electron chi connectivity index (χ4n) is 3.76. The van der Waals surface area contributed by atoms with Crippen molar-refractivity contribution in [1.29, 1.82) is 0 Å². The molecule has 5 nitrogen and oxygen atoms in total. The summed E-state index contributed by atoms with van der Waals surface area (Å²) in [7, 11) is -2.09. The molecule has 4 rings (SSSR count). The number of benzene rings is 2. The number of likely N-dealkylation sites (tertiary alicyclic amines) is 1. The molecule has 27 heavy (non-hydrogen) atoms. The van der Waals surface area contributed by atoms with Gasteiger partial charge >= 0.3 is 0 Å². The third-order valence-electron chi connectivity index (χ3n) is 5.10. The minimum absolute atomic E-state index is 0.317. The quantitative estimate of drug-likeness (QED) is 0.485. The number of aryl methyl sites for hydroxylation is 1. The maximum atomic E-state index is 11.1. The summed E-state index contributed by atoms with van der Waals surface area (Å²) in [6.07, 6.45) is 4.75. The van der Waals surface area contributed by atoms with Crippen molar-refractivity contribution in [2.24, 2.45) is 0 Å². The van der Waals surface area contributed by atoms with Crippen LogP contribution in [0.4, 0.5) is 0 Å². The Morgan fingerprint density at radius 3 is 2.81 bits per heavy atom. The molecular weight excluding hydrogens is 380 g/mol. The van der Waals surface area contributed by atoms with Gasteiger partial charge in [0, 0.05) is 37.5 Å². The van der Waals surface area contributed by atoms with Gasteiger partial charge in [0.1, 0.15) is 4.70 Å². The van der Waals surface area contributed by atoms with Gasteiger partial charge in [0.25, 0.3) is 5.01 Å². The Bertz CT molecular complexity index is 1130. The Morgan fingerprint density at radius 2 is 2.07 bits per heavy atom. The van der Waals surface area contributed by atoms with Crippen molar-refractivity contribution in [2.75, 3.05) is 19.3 Å². The zero-order chi connectivity index (χ0) is 19.0. The van der Waals surface area contributed by atoms with E-state index in [0.29, 0.717) is 13.0 Å². The Hall–Kier alpha value is -1.96. The minimum Gasteiger partial charge on any atom is -0.748 e. The fraction of sp³-hybridized carbons (Fsp3) is 0.350. The Labute approximate surface area is 163 Å². The lowest BCUT2D eigenvalue weighted by molar-refractivity contribution is -0.667. The van der Waals surface area contributed by atoms with E-state index in [9.17, 15) is 13.0 Å². The van der Waals surface area contributed by atoms with Gasteiger partial charge in [0.05, 0.1) is 15.5 Å². The maximum absolute atomic E-state index is 11.1. The SMILES string of the molecule is CN1CCCC1=Cc1sc2ccc3ccccc3c2[n+]1CCCS(=O)(=O)[O-]. The highest BCUT2D eigenvalue weighted by Crippen LogP contribution is 2.30. The van der Waals surface area contributed by atoms with E-state index in [1.54, 1.807) is 11.3 Å². The lowest BCUT2D eigenvalue weighted by Gasteiger charge is -2.11. The summed E-state index contributed by atoms with van der Waals surface area (Å²) in [5.74, 6) is -0.335. The molecule has 0 bridgehead atoms. The predicted molar refractivity (Wildman–Crippen MR) is 109 cm³/mol. The second-order valence-electron chi connectivity index (χ2n) is 7.00. The minimum atomic E-state index is -4.20. The van der Waals surface area contributed by atoms with Crippen molar-refractivity contribution >= 4 is 48.5 Å². The van der Waals surface area contributed by atoms with Gasteiger partial charge in [-0.05, 0) is 30.4 Å². The second-order valence-corrected chi connectivity index (χ2v) is 9.59. The summed E-state index contributed by atoms with van der Waals surface area (Å²) in [5.41, 5.74) is 2.42. The maximum Gasteiger partial charge on any atom is 0.264 e. The van der Waals surface area contributed by atoms with Crippen LogP contribution < -0.4 is 4.57 Å². The van der Waals surface area contributed by atoms with E-state index in [1.165, 1.54) is 10.4 Å². The molecule has 3 aromatic rings. The second kappa shape index (κ2) is 7.22. The average Bonchev–Trinajstić information content (AvgIpc) is 3.18. The zero-order valence-corrected chi connectivity index (χ0v) is 16.9. The summed E-state index contributed by atoms with van der Waals surface area (Å²) < 4.78 is 36.5. The molecule has 1 fully saturated rings. The summed E-state index contributed by atoms with van der Waals surface area (Å²) in [6.45, 7) is 1.58. The van der Waals surface area contributed by atoms with Crippen LogP contribution in [-0.2, 0) is 16.7 Å². The van der Waals surface area contributed by atoms with E-state index in [0.717, 1.165) is 40.7 Å². The molecule has 0 N–H and O–H groups in total. The molecule has 0 saturated carbocycles. The summed E-state index contributed by atoms with van der Waals surface area (Å²) in [6, 6.07) is 12.5. The van der Waals surface area contributed by atoms with E-state index in [1.807, 2.05) is 12.1 Å². The Morgan fingerprint density at radius 1 is 1.26 bits per heavy atom. The van der Waals surface area contributed by atoms with Crippen molar-refractivity contribution in [3.05, 3.63) is 47.1 Å². The third kappa shape index (κ3) is 3.85. The first-order valence-corrected chi connectivity index (χ1v) is 11.5. The number of nitrogens with zero attached hydrogens (tertiary/aromatic N) is 2. The van der Waals surface area contributed by atoms with Crippen LogP contribution in [-0.4, -0.2) is 37.2 Å². The highest BCUT2D eigenvalue weighted by molar-refractivity contribution is 7.85. The third-order valence-corrected chi connectivity index (χ3v) is 6.98. The molecule has 0 unspecified atom stereocenters. The molecule has 2 aromatic carbocycles. The first-order valence-electron chi connectivity index (χ1n) is 9.12. The van der Waals surface area contributed by atoms with Crippen LogP contribution >= 0.6 is 11.3 Å². The molecule has 7 heteroatoms. The van der Waals surface area contributed by atoms with Crippen LogP contribution in [0.2, 0.25) is 0 Å². The van der Waals surface area contributed by atoms with Crippen LogP contribution in [0.15, 0.2) is 42.1 Å². The zero-order valence-electron chi connectivity index (χ0n) is 15.2. The number of thiazole rings is 1. The molecule has 1 aliphatic heterocycles. The van der Waals surface area contributed by atoms with Crippen LogP contribution in [0, 0.1) is 0 Å². The van der Waals surface area contributed by atoms with Crippen molar-refractivity contribution in [1.82, 2.24) is 4.90 Å². The van der Waals surface area contributed by atoms with Gasteiger partial charge in [-0.25, -0.2) is 8.42 Å². The van der Waals surface area contributed by atoms with Gasteiger partial charge in [-0.15, -0.1) is 0 Å². The molecule has 1 saturated heterocycles. The van der Waals surface area contributed by atoms with E-state index in [4.69, 9.17) is 0 Å². The standard InChI is InChI=1S/C20H22N2O3S2/c1-21-11-4-7-16(21)14-19-22(12-5-13-27(23,24)25)20-17-8-3-2-6-15(17)9-10-18(20)26-19/h2-3,6,8-10,14H,4-5,7,11-13H2,1H3. The largest absolute Gasteiger partial charge is 0.748 e. The highest BCUT2D eigenvalue weighted by atomic mass is 32.2. The van der Waals surface area contributed by atoms with Crippen LogP contribution in [0.25, 0.3) is 27.1 Å². The predicted octanol–water partition coefficient (Wildman–Crippen LogP) is 3.34. The Balaban J connectivity index is 1.85. The van der Waals surface area contributed by atoms with Crippen molar-refractivity contribution in [3.8, 4) is 0 Å². The van der Waals surface area contributed by atoms with Gasteiger partial charge in [0.2, 0.25) is 5.52 Å². The number of rotatable bonds is 5. The molecular formula is C20H22N2O3S2. The van der Waals surface area contributed by atoms with E-state index < -0.39 is 10.1 Å². The van der Waals surface area contributed by atoms with Crippen LogP contribution in [0.5, 0.6) is 0 Å². The number of aromatic nitrogens is 1. The lowest BCUT2D eigenvalue weighted by atomic mass is 10.1. The molecule has 1 aromatic heterocycles. The van der Waals surface area contributed by atoms with Gasteiger partial charge in [0.15, 0.2) is 6.54 Å². The lowest BCUT2D eigenvalue weighted by Crippen LogP contribution is -2.36. The monoisotopic (exact) mass is 402 g/mol. The van der Waals surface area contributed by atoms with E-state index >= 15 is 0 Å². The first-order chi connectivity index (χ1) is 12.9. The van der Waals surface area contributed by atoms with E-state index in [-0.39, 0.29) is 5.75 Å². The Kier molecular flexibility index (Phi) is 4.92. The van der Waals surface area contributed by atoms with Crippen molar-refractivity contribution < 1.29 is 17.5 Å². The van der Waals surface area contributed by atoms with Gasteiger partial charge in [-0.1, -0.05) is 35.6 Å². The number of fused-ring (bicyclic) bond motifs is 3. The molecule has 0 spiro atoms. The molecule has 0 atom stereocenters. The van der Waals surface area contributed by atoms with Crippen molar-refractivity contribution in [2.45, 2.75) is 25.8 Å². The number of hydrogen-bond acceptors (Lipinski definition) is 5. The normalized spacial score (nSPS) is 16.8. The van der Waals surface area contributed by atoms with Crippen LogP contribution in [0.1, 0.15) is 24.3 Å². The van der Waals surface area contributed by atoms with Gasteiger partial charge in [-0.2, -0.15) is 4.57 Å². The first kappa shape index (κ1) is 18.4. The van der Waals surface area contributed by atoms with Gasteiger partial charge < -0.3 is 9.45 Å². The smallest absolute Gasteiger partial charge is 0.264 e. The topological polar surface area (TPSA) is 64.3 Å². The molecule has 0 aliphatic carbocycles. The fourth-order valence-corrected chi connectivity index (χ4v) is 5.41. The molecule has 2 heterocycles. The average molecular weight is 403 g/mol. The summed E-state index contributed by atoms with van der Waals surface area (Å²) in [5, 5.41) is 3.42. The highest BCUT2D eigenvalue weighted by Gasteiger charge is 2.23. The van der Waals surface area contributed by atoms with E-state index in [2.05, 4.69) is 46.9 Å². The summed E-state index contributed by atoms with van der Waals surface area (Å²) >= 11 is 1.72. The summed E-state index contributed by atoms with van der Waals surface area (Å²) in [4.78, 5) is 2.27. The molecule has 142 valence electrons. The molecule has 0 radical (unpaired) electrons. The molecule has 1 aliphatic rings. The number of allylic oxidation sites excluding steroid dienone is 1. The molecule has 0 amide bonds.